The molecule has 5 unspecified atom stereocenters. The normalized spacial score (nSPS) is 20.4. The van der Waals surface area contributed by atoms with E-state index in [0.29, 0.717) is 24.7 Å². The second-order valence-electron chi connectivity index (χ2n) is 17.5. The van der Waals surface area contributed by atoms with Gasteiger partial charge in [-0.1, -0.05) is 90.8 Å². The quantitative estimate of drug-likeness (QED) is 0.0539. The predicted octanol–water partition coefficient (Wildman–Crippen LogP) is 10.4. The Balaban J connectivity index is 1.35. The minimum absolute atomic E-state index is 0.0527. The lowest BCUT2D eigenvalue weighted by Crippen LogP contribution is -2.45. The van der Waals surface area contributed by atoms with E-state index in [0.717, 1.165) is 43.7 Å². The fourth-order valence-corrected chi connectivity index (χ4v) is 10.5. The highest BCUT2D eigenvalue weighted by atomic mass is 32.2. The number of hydrazine groups is 1. The van der Waals surface area contributed by atoms with Gasteiger partial charge in [-0.05, 0) is 117 Å². The largest absolute Gasteiger partial charge is 0.501 e. The van der Waals surface area contributed by atoms with Gasteiger partial charge < -0.3 is 29.3 Å². The number of aromatic nitrogens is 1. The van der Waals surface area contributed by atoms with E-state index in [1.807, 2.05) is 31.1 Å². The number of anilines is 1. The molecule has 4 heterocycles. The summed E-state index contributed by atoms with van der Waals surface area (Å²) in [5.74, 6) is 0.860. The summed E-state index contributed by atoms with van der Waals surface area (Å²) in [6.07, 6.45) is 8.20. The Morgan fingerprint density at radius 3 is 2.49 bits per heavy atom. The second-order valence-corrected chi connectivity index (χ2v) is 18.6. The number of nitrogens with one attached hydrogen (secondary N) is 2. The maximum atomic E-state index is 8.88. The molecule has 3 aliphatic heterocycles. The van der Waals surface area contributed by atoms with Crippen LogP contribution in [0.4, 0.5) is 5.69 Å². The molecule has 0 saturated carbocycles. The van der Waals surface area contributed by atoms with Crippen molar-refractivity contribution in [1.29, 1.82) is 5.41 Å². The minimum Gasteiger partial charge on any atom is -0.501 e. The van der Waals surface area contributed by atoms with Crippen molar-refractivity contribution >= 4 is 23.3 Å². The van der Waals surface area contributed by atoms with Gasteiger partial charge >= 0.3 is 0 Å². The molecule has 2 aromatic carbocycles. The van der Waals surface area contributed by atoms with Crippen molar-refractivity contribution in [1.82, 2.24) is 24.6 Å². The fourth-order valence-electron chi connectivity index (χ4n) is 9.43. The lowest BCUT2D eigenvalue weighted by molar-refractivity contribution is 0.120. The van der Waals surface area contributed by atoms with Crippen LogP contribution in [-0.2, 0) is 11.2 Å². The van der Waals surface area contributed by atoms with E-state index >= 15 is 0 Å². The van der Waals surface area contributed by atoms with Crippen LogP contribution in [0.5, 0.6) is 0 Å². The Labute approximate surface area is 348 Å². The number of fused-ring (bicyclic) bond motifs is 1. The molecular weight excluding hydrogens is 723 g/mol. The first-order chi connectivity index (χ1) is 27.3. The molecule has 6 rings (SSSR count). The minimum atomic E-state index is -0.114. The van der Waals surface area contributed by atoms with E-state index in [1.165, 1.54) is 52.2 Å². The standard InChI is InChI=1S/C48H67N7OS/c1-12-42(49)44-38(21-18-24-50-44)46-41(30-48(8,9)31-56-14-3)40-29-37(22-23-43(40)53(46)13-2)36-20-17-19-35(27-36)28-39(33(6)54-26-16-15-25-51-54)47-55(57-47)34(7)45(32(4)5)52(10)11/h14,17-24,27,29,32,39,41,45-47,49,51H,3,6-7,12-13,15-16,25-26,28,30-31H2,1-2,4-5,8-11H3. The van der Waals surface area contributed by atoms with Crippen molar-refractivity contribution in [2.45, 2.75) is 97.0 Å². The number of hydrogen-bond acceptors (Lipinski definition) is 9. The second kappa shape index (κ2) is 18.3. The summed E-state index contributed by atoms with van der Waals surface area (Å²) >= 11 is 1.91. The van der Waals surface area contributed by atoms with E-state index in [4.69, 9.17) is 21.7 Å². The van der Waals surface area contributed by atoms with Gasteiger partial charge in [0.15, 0.2) is 0 Å². The summed E-state index contributed by atoms with van der Waals surface area (Å²) < 4.78 is 8.26. The summed E-state index contributed by atoms with van der Waals surface area (Å²) in [6, 6.07) is 20.8. The van der Waals surface area contributed by atoms with Gasteiger partial charge in [-0.25, -0.2) is 5.43 Å². The van der Waals surface area contributed by atoms with Gasteiger partial charge in [0.05, 0.1) is 36.4 Å². The third-order valence-corrected chi connectivity index (χ3v) is 13.3. The molecule has 9 heteroatoms. The lowest BCUT2D eigenvalue weighted by atomic mass is 9.76. The zero-order valence-electron chi connectivity index (χ0n) is 35.9. The topological polar surface area (TPSA) is 70.7 Å². The van der Waals surface area contributed by atoms with Crippen LogP contribution >= 0.6 is 11.9 Å². The van der Waals surface area contributed by atoms with Crippen molar-refractivity contribution < 1.29 is 4.74 Å². The first-order valence-corrected chi connectivity index (χ1v) is 21.9. The molecule has 3 aromatic rings. The monoisotopic (exact) mass is 790 g/mol. The number of rotatable bonds is 19. The van der Waals surface area contributed by atoms with Crippen LogP contribution < -0.4 is 10.3 Å². The van der Waals surface area contributed by atoms with Gasteiger partial charge in [0.25, 0.3) is 0 Å². The van der Waals surface area contributed by atoms with E-state index in [-0.39, 0.29) is 34.7 Å². The Hall–Kier alpha value is -4.05. The molecule has 3 aliphatic rings. The third kappa shape index (κ3) is 9.32. The van der Waals surface area contributed by atoms with Crippen LogP contribution in [-0.4, -0.2) is 76.7 Å². The average molecular weight is 790 g/mol. The fraction of sp³-hybridized carbons (Fsp3) is 0.500. The molecule has 0 bridgehead atoms. The molecule has 306 valence electrons. The van der Waals surface area contributed by atoms with Crippen LogP contribution in [0.15, 0.2) is 98.2 Å². The average Bonchev–Trinajstić information content (AvgIpc) is 3.95. The zero-order chi connectivity index (χ0) is 41.0. The maximum Gasteiger partial charge on any atom is 0.114 e. The van der Waals surface area contributed by atoms with Crippen molar-refractivity contribution in [3.05, 3.63) is 121 Å². The number of benzene rings is 2. The lowest BCUT2D eigenvalue weighted by Gasteiger charge is -2.35. The highest BCUT2D eigenvalue weighted by molar-refractivity contribution is 8.04. The van der Waals surface area contributed by atoms with Gasteiger partial charge in [-0.15, -0.1) is 0 Å². The summed E-state index contributed by atoms with van der Waals surface area (Å²) in [5, 5.41) is 11.5. The maximum absolute atomic E-state index is 8.88. The Kier molecular flexibility index (Phi) is 13.6. The number of likely N-dealkylation sites (N-methyl/N-ethyl adjacent to an activating group) is 2. The van der Waals surface area contributed by atoms with E-state index in [1.54, 1.807) is 6.26 Å². The predicted molar refractivity (Wildman–Crippen MR) is 241 cm³/mol. The summed E-state index contributed by atoms with van der Waals surface area (Å²) in [4.78, 5) is 9.62. The van der Waals surface area contributed by atoms with Gasteiger partial charge in [-0.2, -0.15) is 0 Å². The first kappa shape index (κ1) is 42.6. The van der Waals surface area contributed by atoms with Crippen molar-refractivity contribution in [2.24, 2.45) is 17.3 Å². The molecule has 5 atom stereocenters. The van der Waals surface area contributed by atoms with Crippen LogP contribution in [0.1, 0.15) is 102 Å². The highest BCUT2D eigenvalue weighted by Gasteiger charge is 2.48. The van der Waals surface area contributed by atoms with E-state index < -0.39 is 0 Å². The third-order valence-electron chi connectivity index (χ3n) is 12.1. The van der Waals surface area contributed by atoms with Crippen molar-refractivity contribution in [3.8, 4) is 11.1 Å². The highest BCUT2D eigenvalue weighted by Crippen LogP contribution is 2.55. The molecule has 2 saturated heterocycles. The van der Waals surface area contributed by atoms with Gasteiger partial charge in [0.2, 0.25) is 0 Å². The Morgan fingerprint density at radius 2 is 1.82 bits per heavy atom. The van der Waals surface area contributed by atoms with Crippen LogP contribution in [0.25, 0.3) is 11.1 Å². The van der Waals surface area contributed by atoms with Crippen LogP contribution in [0.2, 0.25) is 0 Å². The van der Waals surface area contributed by atoms with Crippen LogP contribution in [0, 0.1) is 22.7 Å². The smallest absolute Gasteiger partial charge is 0.114 e. The Morgan fingerprint density at radius 1 is 1.05 bits per heavy atom. The first-order valence-electron chi connectivity index (χ1n) is 21.1. The van der Waals surface area contributed by atoms with Gasteiger partial charge in [-0.3, -0.25) is 4.98 Å². The number of ether oxygens (including phenoxy) is 1. The Bertz CT molecular complexity index is 1910. The molecule has 0 spiro atoms. The van der Waals surface area contributed by atoms with Crippen molar-refractivity contribution in [3.63, 3.8) is 0 Å². The molecule has 1 aromatic heterocycles. The number of pyridine rings is 1. The molecule has 8 nitrogen and oxygen atoms in total. The molecule has 2 fully saturated rings. The van der Waals surface area contributed by atoms with Crippen LogP contribution in [0.3, 0.4) is 0 Å². The molecule has 0 amide bonds. The van der Waals surface area contributed by atoms with Gasteiger partial charge in [0.1, 0.15) is 5.37 Å². The molecule has 0 radical (unpaired) electrons. The summed E-state index contributed by atoms with van der Waals surface area (Å²) in [7, 11) is 4.32. The SMILES string of the molecule is C=COCC(C)(C)CC1c2cc(-c3cccc(CC(C(=C)N4CCCCN4)C4SN4C(=C)C(C(C)C)N(C)C)c3)ccc2N(CC)C1c1cccnc1C(=N)CC. The molecule has 57 heavy (non-hydrogen) atoms. The van der Waals surface area contributed by atoms with E-state index in [2.05, 4.69) is 135 Å². The summed E-state index contributed by atoms with van der Waals surface area (Å²) in [6.45, 7) is 30.0. The number of nitrogens with zero attached hydrogens (tertiary/aromatic N) is 5. The molecule has 0 aliphatic carbocycles. The van der Waals surface area contributed by atoms with E-state index in [9.17, 15) is 0 Å². The molecule has 2 N–H and O–H groups in total. The molecular formula is C48H67N7OS. The zero-order valence-corrected chi connectivity index (χ0v) is 36.7. The van der Waals surface area contributed by atoms with Crippen molar-refractivity contribution in [2.75, 3.05) is 45.2 Å². The number of hydrogen-bond donors (Lipinski definition) is 2. The van der Waals surface area contributed by atoms with Gasteiger partial charge in [0, 0.05) is 60.3 Å². The summed E-state index contributed by atoms with van der Waals surface area (Å²) in [5.41, 5.74) is 14.8.